The molecule has 0 aromatic heterocycles. The van der Waals surface area contributed by atoms with Gasteiger partial charge in [0.15, 0.2) is 0 Å². The quantitative estimate of drug-likeness (QED) is 0.883. The van der Waals surface area contributed by atoms with E-state index in [1.54, 1.807) is 31.3 Å². The molecular formula is C14H19Cl2N3O2. The zero-order valence-electron chi connectivity index (χ0n) is 11.8. The van der Waals surface area contributed by atoms with Crippen LogP contribution in [0.1, 0.15) is 6.42 Å². The van der Waals surface area contributed by atoms with Gasteiger partial charge in [-0.1, -0.05) is 17.7 Å². The summed E-state index contributed by atoms with van der Waals surface area (Å²) in [7, 11) is 1.65. The molecule has 0 radical (unpaired) electrons. The number of hydrogen-bond acceptors (Lipinski definition) is 3. The second-order valence-electron chi connectivity index (χ2n) is 4.94. The molecule has 1 unspecified atom stereocenters. The molecule has 2 rings (SSSR count). The number of amides is 2. The van der Waals surface area contributed by atoms with Gasteiger partial charge in [0.1, 0.15) is 0 Å². The molecule has 7 heteroatoms. The molecule has 0 bridgehead atoms. The highest BCUT2D eigenvalue weighted by molar-refractivity contribution is 6.30. The largest absolute Gasteiger partial charge is 0.336 e. The van der Waals surface area contributed by atoms with Crippen molar-refractivity contribution in [2.75, 3.05) is 32.0 Å². The molecule has 1 aromatic carbocycles. The Kier molecular flexibility index (Phi) is 6.95. The number of benzene rings is 1. The van der Waals surface area contributed by atoms with Crippen molar-refractivity contribution in [3.8, 4) is 0 Å². The van der Waals surface area contributed by atoms with Crippen molar-refractivity contribution in [2.24, 2.45) is 5.92 Å². The van der Waals surface area contributed by atoms with Crippen molar-refractivity contribution < 1.29 is 9.59 Å². The lowest BCUT2D eigenvalue weighted by atomic mass is 10.1. The van der Waals surface area contributed by atoms with Gasteiger partial charge in [-0.3, -0.25) is 9.59 Å². The number of halogens is 2. The van der Waals surface area contributed by atoms with Crippen molar-refractivity contribution in [3.63, 3.8) is 0 Å². The molecule has 1 heterocycles. The van der Waals surface area contributed by atoms with Crippen LogP contribution < -0.4 is 10.6 Å². The Morgan fingerprint density at radius 2 is 2.24 bits per heavy atom. The Morgan fingerprint density at radius 3 is 2.86 bits per heavy atom. The van der Waals surface area contributed by atoms with E-state index >= 15 is 0 Å². The summed E-state index contributed by atoms with van der Waals surface area (Å²) in [5.74, 6) is -0.232. The van der Waals surface area contributed by atoms with E-state index in [9.17, 15) is 9.59 Å². The zero-order valence-corrected chi connectivity index (χ0v) is 13.3. The van der Waals surface area contributed by atoms with Crippen LogP contribution in [0.15, 0.2) is 24.3 Å². The summed E-state index contributed by atoms with van der Waals surface area (Å²) in [5.41, 5.74) is 0.630. The Balaban J connectivity index is 0.00000220. The molecule has 0 spiro atoms. The van der Waals surface area contributed by atoms with Gasteiger partial charge in [0.05, 0.1) is 12.5 Å². The molecule has 1 fully saturated rings. The van der Waals surface area contributed by atoms with Crippen molar-refractivity contribution >= 4 is 41.5 Å². The van der Waals surface area contributed by atoms with Gasteiger partial charge in [-0.15, -0.1) is 12.4 Å². The van der Waals surface area contributed by atoms with Crippen LogP contribution >= 0.6 is 24.0 Å². The molecule has 0 saturated carbocycles. The van der Waals surface area contributed by atoms with Crippen LogP contribution in [0, 0.1) is 5.92 Å². The van der Waals surface area contributed by atoms with E-state index in [0.717, 1.165) is 13.0 Å². The summed E-state index contributed by atoms with van der Waals surface area (Å²) in [4.78, 5) is 25.4. The Labute approximate surface area is 135 Å². The summed E-state index contributed by atoms with van der Waals surface area (Å²) in [6.07, 6.45) is 0.832. The molecule has 1 aliphatic rings. The number of rotatable bonds is 4. The van der Waals surface area contributed by atoms with Gasteiger partial charge in [-0.05, 0) is 31.2 Å². The minimum atomic E-state index is -0.228. The van der Waals surface area contributed by atoms with Crippen LogP contribution in [0.25, 0.3) is 0 Å². The topological polar surface area (TPSA) is 61.4 Å². The minimum Gasteiger partial charge on any atom is -0.336 e. The maximum absolute atomic E-state index is 12.1. The summed E-state index contributed by atoms with van der Waals surface area (Å²) in [6.45, 7) is 1.60. The number of nitrogens with zero attached hydrogens (tertiary/aromatic N) is 1. The van der Waals surface area contributed by atoms with Gasteiger partial charge in [-0.2, -0.15) is 0 Å². The summed E-state index contributed by atoms with van der Waals surface area (Å²) < 4.78 is 0. The first-order valence-electron chi connectivity index (χ1n) is 6.57. The first-order valence-corrected chi connectivity index (χ1v) is 6.95. The van der Waals surface area contributed by atoms with Crippen molar-refractivity contribution in [1.29, 1.82) is 0 Å². The van der Waals surface area contributed by atoms with Crippen LogP contribution in [0.5, 0.6) is 0 Å². The predicted octanol–water partition coefficient (Wildman–Crippen LogP) is 1.77. The molecule has 1 atom stereocenters. The molecule has 21 heavy (non-hydrogen) atoms. The zero-order chi connectivity index (χ0) is 14.5. The molecule has 5 nitrogen and oxygen atoms in total. The highest BCUT2D eigenvalue weighted by Gasteiger charge is 2.26. The smallest absolute Gasteiger partial charge is 0.243 e. The molecule has 2 amide bonds. The third-order valence-corrected chi connectivity index (χ3v) is 3.51. The van der Waals surface area contributed by atoms with E-state index in [4.69, 9.17) is 11.6 Å². The number of hydrogen-bond donors (Lipinski definition) is 2. The first kappa shape index (κ1) is 17.8. The summed E-state index contributed by atoms with van der Waals surface area (Å²) >= 11 is 5.85. The van der Waals surface area contributed by atoms with Crippen molar-refractivity contribution in [3.05, 3.63) is 29.3 Å². The van der Waals surface area contributed by atoms with E-state index < -0.39 is 0 Å². The highest BCUT2D eigenvalue weighted by atomic mass is 35.5. The van der Waals surface area contributed by atoms with Gasteiger partial charge in [0.2, 0.25) is 11.8 Å². The average molecular weight is 332 g/mol. The molecule has 0 aliphatic carbocycles. The third-order valence-electron chi connectivity index (χ3n) is 3.27. The van der Waals surface area contributed by atoms with Gasteiger partial charge in [-0.25, -0.2) is 0 Å². The minimum absolute atomic E-state index is 0. The van der Waals surface area contributed by atoms with Gasteiger partial charge >= 0.3 is 0 Å². The molecule has 1 aromatic rings. The second kappa shape index (κ2) is 8.22. The summed E-state index contributed by atoms with van der Waals surface area (Å²) in [6, 6.07) is 6.92. The highest BCUT2D eigenvalue weighted by Crippen LogP contribution is 2.15. The number of anilines is 1. The van der Waals surface area contributed by atoms with Crippen molar-refractivity contribution in [1.82, 2.24) is 10.2 Å². The van der Waals surface area contributed by atoms with E-state index in [1.807, 2.05) is 0 Å². The van der Waals surface area contributed by atoms with E-state index in [2.05, 4.69) is 10.6 Å². The van der Waals surface area contributed by atoms with Crippen LogP contribution in [0.4, 0.5) is 5.69 Å². The van der Waals surface area contributed by atoms with Gasteiger partial charge in [0, 0.05) is 24.3 Å². The maximum Gasteiger partial charge on any atom is 0.243 e. The Morgan fingerprint density at radius 1 is 1.48 bits per heavy atom. The van der Waals surface area contributed by atoms with E-state index in [-0.39, 0.29) is 36.7 Å². The fourth-order valence-corrected chi connectivity index (χ4v) is 2.43. The second-order valence-corrected chi connectivity index (χ2v) is 5.38. The predicted molar refractivity (Wildman–Crippen MR) is 85.9 cm³/mol. The average Bonchev–Trinajstić information content (AvgIpc) is 2.91. The lowest BCUT2D eigenvalue weighted by Gasteiger charge is -2.20. The van der Waals surface area contributed by atoms with E-state index in [0.29, 0.717) is 17.3 Å². The lowest BCUT2D eigenvalue weighted by Crippen LogP contribution is -2.39. The fraction of sp³-hybridized carbons (Fsp3) is 0.429. The lowest BCUT2D eigenvalue weighted by molar-refractivity contribution is -0.136. The van der Waals surface area contributed by atoms with Gasteiger partial charge < -0.3 is 15.5 Å². The van der Waals surface area contributed by atoms with E-state index in [1.165, 1.54) is 4.90 Å². The molecule has 116 valence electrons. The van der Waals surface area contributed by atoms with Crippen molar-refractivity contribution in [2.45, 2.75) is 6.42 Å². The number of carbonyl (C=O) groups excluding carboxylic acids is 2. The van der Waals surface area contributed by atoms with Crippen LogP contribution in [-0.2, 0) is 9.59 Å². The van der Waals surface area contributed by atoms with Crippen LogP contribution in [0.3, 0.4) is 0 Å². The third kappa shape index (κ3) is 5.19. The molecule has 2 N–H and O–H groups in total. The first-order chi connectivity index (χ1) is 9.56. The Hall–Kier alpha value is -1.30. The summed E-state index contributed by atoms with van der Waals surface area (Å²) in [5, 5.41) is 6.43. The molecule has 1 aliphatic heterocycles. The van der Waals surface area contributed by atoms with Gasteiger partial charge in [0.25, 0.3) is 0 Å². The number of carbonyl (C=O) groups is 2. The Bertz CT molecular complexity index is 505. The van der Waals surface area contributed by atoms with Crippen LogP contribution in [-0.4, -0.2) is 43.4 Å². The standard InChI is InChI=1S/C14H18ClN3O2.ClH/c1-18(14(20)10-5-6-16-8-10)9-13(19)17-12-4-2-3-11(15)7-12;/h2-4,7,10,16H,5-6,8-9H2,1H3,(H,17,19);1H. The molecule has 1 saturated heterocycles. The number of nitrogens with one attached hydrogen (secondary N) is 2. The SMILES string of the molecule is CN(CC(=O)Nc1cccc(Cl)c1)C(=O)C1CCNC1.Cl. The fourth-order valence-electron chi connectivity index (χ4n) is 2.24. The monoisotopic (exact) mass is 331 g/mol. The number of likely N-dealkylation sites (N-methyl/N-ethyl adjacent to an activating group) is 1. The normalized spacial score (nSPS) is 17.0. The molecular weight excluding hydrogens is 313 g/mol. The maximum atomic E-state index is 12.1. The van der Waals surface area contributed by atoms with Crippen LogP contribution in [0.2, 0.25) is 5.02 Å².